The second-order valence-electron chi connectivity index (χ2n) is 11.3. The number of nitrogens with zero attached hydrogens (tertiary/aromatic N) is 1. The van der Waals surface area contributed by atoms with Gasteiger partial charge in [-0.15, -0.1) is 11.3 Å². The van der Waals surface area contributed by atoms with Crippen molar-refractivity contribution in [3.63, 3.8) is 0 Å². The van der Waals surface area contributed by atoms with Gasteiger partial charge in [0, 0.05) is 49.8 Å². The molecule has 0 N–H and O–H groups in total. The van der Waals surface area contributed by atoms with Gasteiger partial charge in [0.1, 0.15) is 11.3 Å². The molecule has 43 heavy (non-hydrogen) atoms. The lowest BCUT2D eigenvalue weighted by Crippen LogP contribution is -2.45. The zero-order valence-corrected chi connectivity index (χ0v) is 25.0. The molecule has 1 atom stereocenters. The van der Waals surface area contributed by atoms with Crippen molar-refractivity contribution in [2.75, 3.05) is 4.90 Å². The zero-order valence-electron chi connectivity index (χ0n) is 23.4. The van der Waals surface area contributed by atoms with Crippen LogP contribution in [0.15, 0.2) is 137 Å². The van der Waals surface area contributed by atoms with Crippen molar-refractivity contribution in [3.05, 3.63) is 160 Å². The van der Waals surface area contributed by atoms with Crippen molar-refractivity contribution in [2.45, 2.75) is 18.9 Å². The van der Waals surface area contributed by atoms with Crippen molar-refractivity contribution in [1.82, 2.24) is 0 Å². The van der Waals surface area contributed by atoms with Crippen LogP contribution in [-0.2, 0) is 6.42 Å². The van der Waals surface area contributed by atoms with Crippen LogP contribution in [0, 0.1) is 0 Å². The largest absolute Gasteiger partial charge is 0.456 e. The quantitative estimate of drug-likeness (QED) is 0.190. The third kappa shape index (κ3) is 4.21. The molecular weight excluding hydrogens is 570 g/mol. The Labute approximate surface area is 257 Å². The van der Waals surface area contributed by atoms with Gasteiger partial charge in [-0.25, -0.2) is 0 Å². The van der Waals surface area contributed by atoms with Crippen molar-refractivity contribution >= 4 is 71.0 Å². The molecule has 5 heteroatoms. The minimum absolute atomic E-state index is 0.00135. The molecular formula is C38H26ClNO2S. The van der Waals surface area contributed by atoms with Gasteiger partial charge >= 0.3 is 0 Å². The molecule has 2 aromatic heterocycles. The SMILES string of the molecule is CC1(N(c2ccccc2)c2ccc3sc4c(Cl)cccc4c(=O)c3c2)C=C(c2ccccc2)c2oc3ccccc3c2C1. The fraction of sp³-hybridized carbons (Fsp3) is 0.0789. The van der Waals surface area contributed by atoms with E-state index in [-0.39, 0.29) is 5.43 Å². The third-order valence-corrected chi connectivity index (χ3v) is 10.1. The van der Waals surface area contributed by atoms with E-state index in [1.165, 1.54) is 5.56 Å². The molecule has 0 spiro atoms. The summed E-state index contributed by atoms with van der Waals surface area (Å²) in [5.41, 5.74) is 5.75. The molecule has 0 saturated heterocycles. The minimum atomic E-state index is -0.494. The molecule has 3 nitrogen and oxygen atoms in total. The lowest BCUT2D eigenvalue weighted by molar-refractivity contribution is 0.531. The highest BCUT2D eigenvalue weighted by molar-refractivity contribution is 7.25. The maximum atomic E-state index is 13.8. The number of para-hydroxylation sites is 2. The Balaban J connectivity index is 1.39. The molecule has 0 aliphatic heterocycles. The molecule has 1 unspecified atom stereocenters. The monoisotopic (exact) mass is 595 g/mol. The van der Waals surface area contributed by atoms with Gasteiger partial charge in [-0.1, -0.05) is 84.4 Å². The van der Waals surface area contributed by atoms with Crippen LogP contribution in [0.2, 0.25) is 5.02 Å². The Kier molecular flexibility index (Phi) is 6.04. The topological polar surface area (TPSA) is 33.5 Å². The molecule has 208 valence electrons. The van der Waals surface area contributed by atoms with Crippen LogP contribution in [0.25, 0.3) is 36.7 Å². The van der Waals surface area contributed by atoms with Gasteiger partial charge in [0.25, 0.3) is 0 Å². The van der Waals surface area contributed by atoms with Crippen molar-refractivity contribution < 1.29 is 4.42 Å². The Hall–Kier alpha value is -4.64. The Morgan fingerprint density at radius 2 is 1.49 bits per heavy atom. The molecule has 0 radical (unpaired) electrons. The number of furan rings is 1. The second kappa shape index (κ2) is 9.98. The number of benzene rings is 5. The highest BCUT2D eigenvalue weighted by Crippen LogP contribution is 2.47. The average Bonchev–Trinajstić information content (AvgIpc) is 3.41. The molecule has 0 saturated carbocycles. The maximum Gasteiger partial charge on any atom is 0.195 e. The highest BCUT2D eigenvalue weighted by atomic mass is 35.5. The van der Waals surface area contributed by atoms with E-state index in [9.17, 15) is 4.79 Å². The van der Waals surface area contributed by atoms with Gasteiger partial charge in [0.2, 0.25) is 0 Å². The summed E-state index contributed by atoms with van der Waals surface area (Å²) < 4.78 is 8.27. The molecule has 8 rings (SSSR count). The molecule has 1 aliphatic carbocycles. The number of fused-ring (bicyclic) bond motifs is 5. The van der Waals surface area contributed by atoms with Crippen LogP contribution in [0.1, 0.15) is 23.8 Å². The first-order chi connectivity index (χ1) is 21.0. The standard InChI is InChI=1S/C38H26ClNO2S/c1-38(22-30(24-11-4-2-5-12-24)36-31(23-38)27-15-8-9-18-33(27)42-36)40(25-13-6-3-7-14-25)26-19-20-34-29(21-26)35(41)28-16-10-17-32(39)37(28)43-34/h2-22H,23H2,1H3. The normalized spacial score (nSPS) is 16.4. The van der Waals surface area contributed by atoms with Gasteiger partial charge in [-0.2, -0.15) is 0 Å². The summed E-state index contributed by atoms with van der Waals surface area (Å²) in [6, 6.07) is 40.9. The van der Waals surface area contributed by atoms with Gasteiger partial charge in [-0.05, 0) is 67.1 Å². The van der Waals surface area contributed by atoms with E-state index in [1.54, 1.807) is 11.3 Å². The van der Waals surface area contributed by atoms with Crippen LogP contribution in [0.4, 0.5) is 11.4 Å². The molecule has 1 aliphatic rings. The predicted molar refractivity (Wildman–Crippen MR) is 181 cm³/mol. The third-order valence-electron chi connectivity index (χ3n) is 8.43. The second-order valence-corrected chi connectivity index (χ2v) is 12.7. The van der Waals surface area contributed by atoms with Crippen LogP contribution in [0.3, 0.4) is 0 Å². The highest BCUT2D eigenvalue weighted by Gasteiger charge is 2.39. The Morgan fingerprint density at radius 1 is 0.767 bits per heavy atom. The van der Waals surface area contributed by atoms with E-state index in [0.29, 0.717) is 15.8 Å². The van der Waals surface area contributed by atoms with Gasteiger partial charge in [-0.3, -0.25) is 4.79 Å². The van der Waals surface area contributed by atoms with Gasteiger partial charge < -0.3 is 9.32 Å². The lowest BCUT2D eigenvalue weighted by Gasteiger charge is -2.43. The summed E-state index contributed by atoms with van der Waals surface area (Å²) in [4.78, 5) is 16.2. The van der Waals surface area contributed by atoms with E-state index in [1.807, 2.05) is 48.5 Å². The Morgan fingerprint density at radius 3 is 2.30 bits per heavy atom. The predicted octanol–water partition coefficient (Wildman–Crippen LogP) is 10.4. The summed E-state index contributed by atoms with van der Waals surface area (Å²) >= 11 is 8.06. The fourth-order valence-corrected chi connectivity index (χ4v) is 7.88. The first-order valence-electron chi connectivity index (χ1n) is 14.3. The summed E-state index contributed by atoms with van der Waals surface area (Å²) in [6.07, 6.45) is 3.06. The van der Waals surface area contributed by atoms with E-state index >= 15 is 0 Å². The maximum absolute atomic E-state index is 13.8. The van der Waals surface area contributed by atoms with Crippen molar-refractivity contribution in [3.8, 4) is 0 Å². The van der Waals surface area contributed by atoms with Crippen molar-refractivity contribution in [1.29, 1.82) is 0 Å². The summed E-state index contributed by atoms with van der Waals surface area (Å²) in [7, 11) is 0. The first kappa shape index (κ1) is 26.0. The summed E-state index contributed by atoms with van der Waals surface area (Å²) in [5.74, 6) is 0.920. The Bertz CT molecular complexity index is 2270. The summed E-state index contributed by atoms with van der Waals surface area (Å²) in [6.45, 7) is 2.28. The summed E-state index contributed by atoms with van der Waals surface area (Å²) in [5, 5.41) is 3.08. The number of halogens is 1. The fourth-order valence-electron chi connectivity index (χ4n) is 6.54. The van der Waals surface area contributed by atoms with Crippen LogP contribution in [-0.4, -0.2) is 5.54 Å². The van der Waals surface area contributed by atoms with E-state index < -0.39 is 5.54 Å². The number of rotatable bonds is 4. The molecule has 0 bridgehead atoms. The van der Waals surface area contributed by atoms with Gasteiger partial charge in [0.05, 0.1) is 15.3 Å². The van der Waals surface area contributed by atoms with Crippen LogP contribution in [0.5, 0.6) is 0 Å². The zero-order chi connectivity index (χ0) is 29.1. The molecule has 0 amide bonds. The van der Waals surface area contributed by atoms with Crippen LogP contribution >= 0.6 is 22.9 Å². The smallest absolute Gasteiger partial charge is 0.195 e. The first-order valence-corrected chi connectivity index (χ1v) is 15.5. The number of hydrogen-bond donors (Lipinski definition) is 0. The number of anilines is 2. The van der Waals surface area contributed by atoms with E-state index in [2.05, 4.69) is 90.7 Å². The number of hydrogen-bond acceptors (Lipinski definition) is 4. The molecule has 5 aromatic carbocycles. The molecule has 2 heterocycles. The van der Waals surface area contributed by atoms with E-state index in [4.69, 9.17) is 16.0 Å². The minimum Gasteiger partial charge on any atom is -0.456 e. The van der Waals surface area contributed by atoms with Gasteiger partial charge in [0.15, 0.2) is 5.43 Å². The average molecular weight is 596 g/mol. The van der Waals surface area contributed by atoms with Crippen molar-refractivity contribution in [2.24, 2.45) is 0 Å². The lowest BCUT2D eigenvalue weighted by atomic mass is 9.79. The molecule has 7 aromatic rings. The van der Waals surface area contributed by atoms with E-state index in [0.717, 1.165) is 55.1 Å². The van der Waals surface area contributed by atoms with Crippen LogP contribution < -0.4 is 10.3 Å². The molecule has 0 fully saturated rings.